The predicted octanol–water partition coefficient (Wildman–Crippen LogP) is 2.89. The summed E-state index contributed by atoms with van der Waals surface area (Å²) < 4.78 is 5.51. The van der Waals surface area contributed by atoms with Gasteiger partial charge in [-0.05, 0) is 29.5 Å². The Bertz CT molecular complexity index is 397. The fourth-order valence-corrected chi connectivity index (χ4v) is 1.53. The highest BCUT2D eigenvalue weighted by molar-refractivity contribution is 5.79. The van der Waals surface area contributed by atoms with Gasteiger partial charge in [0, 0.05) is 6.42 Å². The minimum absolute atomic E-state index is 0.179. The molecule has 4 heteroatoms. The summed E-state index contributed by atoms with van der Waals surface area (Å²) >= 11 is 0. The first kappa shape index (κ1) is 14.4. The minimum Gasteiger partial charge on any atom is -0.493 e. The molecule has 4 nitrogen and oxygen atoms in total. The number of ether oxygens (including phenoxy) is 1. The van der Waals surface area contributed by atoms with Crippen LogP contribution in [0.2, 0.25) is 0 Å². The van der Waals surface area contributed by atoms with Crippen molar-refractivity contribution in [2.45, 2.75) is 39.0 Å². The van der Waals surface area contributed by atoms with Gasteiger partial charge in [-0.25, -0.2) is 0 Å². The van der Waals surface area contributed by atoms with Gasteiger partial charge in [0.2, 0.25) is 0 Å². The Labute approximate surface area is 108 Å². The lowest BCUT2D eigenvalue weighted by Crippen LogP contribution is -2.16. The first-order valence-electron chi connectivity index (χ1n) is 6.19. The smallest absolute Gasteiger partial charge is 0.142 e. The van der Waals surface area contributed by atoms with Crippen LogP contribution in [0.5, 0.6) is 5.75 Å². The van der Waals surface area contributed by atoms with Gasteiger partial charge in [0.05, 0.1) is 6.61 Å². The first-order chi connectivity index (χ1) is 8.49. The van der Waals surface area contributed by atoms with E-state index in [-0.39, 0.29) is 11.3 Å². The lowest BCUT2D eigenvalue weighted by atomic mass is 9.82. The number of benzene rings is 1. The molecule has 0 aliphatic carbocycles. The van der Waals surface area contributed by atoms with Crippen LogP contribution in [0.1, 0.15) is 39.2 Å². The fourth-order valence-electron chi connectivity index (χ4n) is 1.53. The van der Waals surface area contributed by atoms with Gasteiger partial charge in [-0.2, -0.15) is 0 Å². The number of nitrogens with two attached hydrogens (primary N) is 1. The third-order valence-electron chi connectivity index (χ3n) is 3.28. The summed E-state index contributed by atoms with van der Waals surface area (Å²) in [6, 6.07) is 8.09. The monoisotopic (exact) mass is 250 g/mol. The van der Waals surface area contributed by atoms with E-state index >= 15 is 0 Å². The highest BCUT2D eigenvalue weighted by Crippen LogP contribution is 2.27. The lowest BCUT2D eigenvalue weighted by Gasteiger charge is -2.23. The van der Waals surface area contributed by atoms with Gasteiger partial charge in [0.1, 0.15) is 11.6 Å². The van der Waals surface area contributed by atoms with Crippen molar-refractivity contribution >= 4 is 5.84 Å². The highest BCUT2D eigenvalue weighted by atomic mass is 16.5. The summed E-state index contributed by atoms with van der Waals surface area (Å²) in [7, 11) is 0. The topological polar surface area (TPSA) is 67.8 Å². The maximum Gasteiger partial charge on any atom is 0.142 e. The van der Waals surface area contributed by atoms with Gasteiger partial charge in [-0.1, -0.05) is 38.1 Å². The molecule has 0 saturated heterocycles. The van der Waals surface area contributed by atoms with Crippen molar-refractivity contribution in [3.63, 3.8) is 0 Å². The SMILES string of the molecule is CCC(C)(C)c1ccc(OCC/C(N)=N/O)cc1. The van der Waals surface area contributed by atoms with Gasteiger partial charge in [0.15, 0.2) is 0 Å². The summed E-state index contributed by atoms with van der Waals surface area (Å²) in [5.74, 6) is 0.982. The second-order valence-corrected chi connectivity index (χ2v) is 4.95. The molecule has 18 heavy (non-hydrogen) atoms. The molecule has 0 saturated carbocycles. The molecule has 0 aliphatic rings. The van der Waals surface area contributed by atoms with Crippen molar-refractivity contribution in [3.8, 4) is 5.75 Å². The van der Waals surface area contributed by atoms with Crippen molar-refractivity contribution in [3.05, 3.63) is 29.8 Å². The van der Waals surface area contributed by atoms with E-state index in [2.05, 4.69) is 38.1 Å². The molecule has 3 N–H and O–H groups in total. The van der Waals surface area contributed by atoms with E-state index in [4.69, 9.17) is 15.7 Å². The number of hydrogen-bond acceptors (Lipinski definition) is 3. The van der Waals surface area contributed by atoms with Crippen LogP contribution in [-0.4, -0.2) is 17.6 Å². The third-order valence-corrected chi connectivity index (χ3v) is 3.28. The van der Waals surface area contributed by atoms with Crippen molar-refractivity contribution in [1.82, 2.24) is 0 Å². The molecule has 0 bridgehead atoms. The average Bonchev–Trinajstić information content (AvgIpc) is 2.39. The number of nitrogens with zero attached hydrogens (tertiary/aromatic N) is 1. The summed E-state index contributed by atoms with van der Waals surface area (Å²) in [4.78, 5) is 0. The summed E-state index contributed by atoms with van der Waals surface area (Å²) in [5, 5.41) is 11.3. The quantitative estimate of drug-likeness (QED) is 0.353. The van der Waals surface area contributed by atoms with Crippen molar-refractivity contribution < 1.29 is 9.94 Å². The van der Waals surface area contributed by atoms with E-state index < -0.39 is 0 Å². The standard InChI is InChI=1S/C14H22N2O2/c1-4-14(2,3)11-5-7-12(8-6-11)18-10-9-13(15)16-17/h5-8,17H,4,9-10H2,1-3H3,(H2,15,16). The molecular formula is C14H22N2O2. The van der Waals surface area contributed by atoms with Gasteiger partial charge >= 0.3 is 0 Å². The van der Waals surface area contributed by atoms with Crippen LogP contribution in [0.15, 0.2) is 29.4 Å². The lowest BCUT2D eigenvalue weighted by molar-refractivity contribution is 0.305. The van der Waals surface area contributed by atoms with Crippen LogP contribution in [0.4, 0.5) is 0 Å². The molecule has 0 unspecified atom stereocenters. The molecule has 0 radical (unpaired) electrons. The zero-order chi connectivity index (χ0) is 13.6. The Morgan fingerprint density at radius 3 is 2.44 bits per heavy atom. The minimum atomic E-state index is 0.179. The predicted molar refractivity (Wildman–Crippen MR) is 73.3 cm³/mol. The Morgan fingerprint density at radius 2 is 1.94 bits per heavy atom. The van der Waals surface area contributed by atoms with E-state index in [0.717, 1.165) is 12.2 Å². The molecule has 0 fully saturated rings. The Morgan fingerprint density at radius 1 is 1.33 bits per heavy atom. The van der Waals surface area contributed by atoms with Gasteiger partial charge < -0.3 is 15.7 Å². The Hall–Kier alpha value is -1.71. The molecule has 0 atom stereocenters. The maximum absolute atomic E-state index is 8.39. The van der Waals surface area contributed by atoms with Gasteiger partial charge in [-0.3, -0.25) is 0 Å². The van der Waals surface area contributed by atoms with Crippen molar-refractivity contribution in [2.24, 2.45) is 10.9 Å². The molecule has 0 heterocycles. The molecule has 0 aromatic heterocycles. The van der Waals surface area contributed by atoms with Crippen molar-refractivity contribution in [1.29, 1.82) is 0 Å². The van der Waals surface area contributed by atoms with Crippen LogP contribution < -0.4 is 10.5 Å². The van der Waals surface area contributed by atoms with Crippen LogP contribution in [-0.2, 0) is 5.41 Å². The van der Waals surface area contributed by atoms with E-state index in [1.54, 1.807) is 0 Å². The van der Waals surface area contributed by atoms with Crippen LogP contribution in [0.3, 0.4) is 0 Å². The normalized spacial score (nSPS) is 12.5. The zero-order valence-electron chi connectivity index (χ0n) is 11.3. The molecule has 1 rings (SSSR count). The van der Waals surface area contributed by atoms with Crippen LogP contribution >= 0.6 is 0 Å². The van der Waals surface area contributed by atoms with E-state index in [0.29, 0.717) is 13.0 Å². The summed E-state index contributed by atoms with van der Waals surface area (Å²) in [5.41, 5.74) is 6.84. The van der Waals surface area contributed by atoms with Gasteiger partial charge in [0.25, 0.3) is 0 Å². The van der Waals surface area contributed by atoms with Crippen molar-refractivity contribution in [2.75, 3.05) is 6.61 Å². The Kier molecular flexibility index (Phi) is 5.01. The molecule has 1 aromatic carbocycles. The van der Waals surface area contributed by atoms with Crippen LogP contribution in [0.25, 0.3) is 0 Å². The fraction of sp³-hybridized carbons (Fsp3) is 0.500. The second kappa shape index (κ2) is 6.28. The number of amidine groups is 1. The Balaban J connectivity index is 2.56. The largest absolute Gasteiger partial charge is 0.493 e. The maximum atomic E-state index is 8.39. The van der Waals surface area contributed by atoms with Gasteiger partial charge in [-0.15, -0.1) is 0 Å². The molecule has 0 aliphatic heterocycles. The first-order valence-corrected chi connectivity index (χ1v) is 6.19. The van der Waals surface area contributed by atoms with Crippen LogP contribution in [0, 0.1) is 0 Å². The molecule has 0 spiro atoms. The average molecular weight is 250 g/mol. The third kappa shape index (κ3) is 3.95. The summed E-state index contributed by atoms with van der Waals surface area (Å²) in [6.07, 6.45) is 1.51. The molecule has 1 aromatic rings. The van der Waals surface area contributed by atoms with E-state index in [1.807, 2.05) is 12.1 Å². The zero-order valence-corrected chi connectivity index (χ0v) is 11.3. The van der Waals surface area contributed by atoms with E-state index in [1.165, 1.54) is 5.56 Å². The highest BCUT2D eigenvalue weighted by Gasteiger charge is 2.17. The second-order valence-electron chi connectivity index (χ2n) is 4.95. The molecular weight excluding hydrogens is 228 g/mol. The molecule has 0 amide bonds. The molecule has 100 valence electrons. The number of hydrogen-bond donors (Lipinski definition) is 2. The number of rotatable bonds is 6. The van der Waals surface area contributed by atoms with E-state index in [9.17, 15) is 0 Å². The number of oxime groups is 1. The summed E-state index contributed by atoms with van der Waals surface area (Å²) in [6.45, 7) is 7.04.